The second kappa shape index (κ2) is 17.5. The average Bonchev–Trinajstić information content (AvgIpc) is 2.94. The monoisotopic (exact) mass is 625 g/mol. The summed E-state index contributed by atoms with van der Waals surface area (Å²) < 4.78 is 11.9. The second-order valence-electron chi connectivity index (χ2n) is 14.7. The van der Waals surface area contributed by atoms with Crippen molar-refractivity contribution in [3.63, 3.8) is 0 Å². The number of ether oxygens (including phenoxy) is 2. The van der Waals surface area contributed by atoms with Crippen LogP contribution in [0.25, 0.3) is 0 Å². The molecule has 1 unspecified atom stereocenters. The second-order valence-corrected chi connectivity index (χ2v) is 14.7. The number of amides is 2. The first-order valence-corrected chi connectivity index (χ1v) is 16.6. The number of carbonyl (C=O) groups is 2. The highest BCUT2D eigenvalue weighted by atomic mass is 16.6. The van der Waals surface area contributed by atoms with Crippen molar-refractivity contribution in [2.24, 2.45) is 17.8 Å². The third-order valence-corrected chi connectivity index (χ3v) is 7.99. The van der Waals surface area contributed by atoms with E-state index in [4.69, 9.17) is 9.47 Å². The molecule has 0 radical (unpaired) electrons. The number of unbranched alkanes of at least 4 members (excludes halogenated alkanes) is 1. The van der Waals surface area contributed by atoms with Crippen molar-refractivity contribution in [1.82, 2.24) is 15.6 Å². The van der Waals surface area contributed by atoms with Gasteiger partial charge in [0.15, 0.2) is 0 Å². The molecule has 8 nitrogen and oxygen atoms in total. The van der Waals surface area contributed by atoms with E-state index in [-0.39, 0.29) is 29.6 Å². The summed E-state index contributed by atoms with van der Waals surface area (Å²) in [5.41, 5.74) is 2.31. The number of nitrogens with one attached hydrogen (secondary N) is 2. The molecule has 0 aliphatic carbocycles. The van der Waals surface area contributed by atoms with Gasteiger partial charge in [-0.15, -0.1) is 0 Å². The van der Waals surface area contributed by atoms with Crippen LogP contribution in [0.15, 0.2) is 42.6 Å². The van der Waals surface area contributed by atoms with Crippen LogP contribution in [0.4, 0.5) is 4.79 Å². The Morgan fingerprint density at radius 3 is 2.29 bits per heavy atom. The number of aliphatic hydroxyl groups excluding tert-OH is 1. The lowest BCUT2D eigenvalue weighted by molar-refractivity contribution is -0.125. The maximum Gasteiger partial charge on any atom is 0.407 e. The van der Waals surface area contributed by atoms with E-state index in [0.29, 0.717) is 19.6 Å². The van der Waals surface area contributed by atoms with Crippen LogP contribution in [-0.2, 0) is 28.0 Å². The predicted molar refractivity (Wildman–Crippen MR) is 181 cm³/mol. The van der Waals surface area contributed by atoms with Gasteiger partial charge in [0, 0.05) is 18.7 Å². The van der Waals surface area contributed by atoms with Crippen LogP contribution in [0.1, 0.15) is 112 Å². The van der Waals surface area contributed by atoms with Gasteiger partial charge < -0.3 is 25.2 Å². The highest BCUT2D eigenvalue weighted by molar-refractivity contribution is 5.78. The molecule has 0 aliphatic heterocycles. The summed E-state index contributed by atoms with van der Waals surface area (Å²) in [4.78, 5) is 30.0. The van der Waals surface area contributed by atoms with Crippen molar-refractivity contribution in [3.05, 3.63) is 59.4 Å². The molecule has 1 heterocycles. The zero-order chi connectivity index (χ0) is 33.8. The fraction of sp³-hybridized carbons (Fsp3) is 0.649. The molecule has 0 fully saturated rings. The molecule has 2 rings (SSSR count). The zero-order valence-corrected chi connectivity index (χ0v) is 29.4. The van der Waals surface area contributed by atoms with Crippen molar-refractivity contribution >= 4 is 12.0 Å². The molecule has 3 N–H and O–H groups in total. The van der Waals surface area contributed by atoms with Gasteiger partial charge in [0.05, 0.1) is 17.8 Å². The van der Waals surface area contributed by atoms with Crippen LogP contribution in [0.2, 0.25) is 0 Å². The standard InChI is InChI=1S/C37H59N3O5/c1-11-12-18-39-34(42)26(4)20-32(41)31(40-35(43)45-37(8,9)10)23-28(25(2)3)21-27-16-17-30(36(5,6)7)33(22-27)44-24-29-15-13-14-19-38-29/h13-17,19,22,25-26,28,31-32,41H,11-12,18,20-21,23-24H2,1-10H3,(H,39,42)(H,40,43)/t26?,28-,31-,32-/m0/s1. The Bertz CT molecular complexity index is 1190. The first-order valence-electron chi connectivity index (χ1n) is 16.6. The van der Waals surface area contributed by atoms with E-state index in [1.807, 2.05) is 45.9 Å². The van der Waals surface area contributed by atoms with Crippen LogP contribution in [0, 0.1) is 17.8 Å². The fourth-order valence-electron chi connectivity index (χ4n) is 5.26. The van der Waals surface area contributed by atoms with Crippen LogP contribution < -0.4 is 15.4 Å². The Morgan fingerprint density at radius 1 is 1.00 bits per heavy atom. The molecule has 8 heteroatoms. The van der Waals surface area contributed by atoms with E-state index in [1.54, 1.807) is 6.20 Å². The van der Waals surface area contributed by atoms with Crippen molar-refractivity contribution in [1.29, 1.82) is 0 Å². The molecule has 45 heavy (non-hydrogen) atoms. The molecule has 0 saturated heterocycles. The summed E-state index contributed by atoms with van der Waals surface area (Å²) in [5.74, 6) is 0.726. The van der Waals surface area contributed by atoms with Crippen molar-refractivity contribution in [3.8, 4) is 5.75 Å². The Kier molecular flexibility index (Phi) is 14.8. The molecule has 0 spiro atoms. The van der Waals surface area contributed by atoms with E-state index in [0.717, 1.165) is 41.8 Å². The quantitative estimate of drug-likeness (QED) is 0.168. The number of hydrogen-bond donors (Lipinski definition) is 3. The van der Waals surface area contributed by atoms with Gasteiger partial charge in [-0.3, -0.25) is 9.78 Å². The minimum atomic E-state index is -0.925. The van der Waals surface area contributed by atoms with Gasteiger partial charge in [0.25, 0.3) is 0 Å². The number of benzene rings is 1. The summed E-state index contributed by atoms with van der Waals surface area (Å²) in [6, 6.07) is 11.6. The van der Waals surface area contributed by atoms with E-state index >= 15 is 0 Å². The van der Waals surface area contributed by atoms with Crippen LogP contribution in [-0.4, -0.2) is 46.4 Å². The van der Waals surface area contributed by atoms with E-state index in [9.17, 15) is 14.7 Å². The topological polar surface area (TPSA) is 110 Å². The van der Waals surface area contributed by atoms with Crippen molar-refractivity contribution in [2.45, 2.75) is 131 Å². The normalized spacial score (nSPS) is 14.8. The van der Waals surface area contributed by atoms with Gasteiger partial charge in [-0.05, 0) is 93.0 Å². The van der Waals surface area contributed by atoms with Gasteiger partial charge in [-0.1, -0.05) is 73.1 Å². The number of hydrogen-bond acceptors (Lipinski definition) is 6. The van der Waals surface area contributed by atoms with E-state index in [1.165, 1.54) is 0 Å². The average molecular weight is 626 g/mol. The summed E-state index contributed by atoms with van der Waals surface area (Å²) in [6.07, 6.45) is 3.65. The number of aliphatic hydroxyl groups is 1. The summed E-state index contributed by atoms with van der Waals surface area (Å²) >= 11 is 0. The third kappa shape index (κ3) is 13.8. The Hall–Kier alpha value is -3.13. The Labute approximate surface area is 272 Å². The number of alkyl carbamates (subject to hydrolysis) is 1. The molecule has 4 atom stereocenters. The Morgan fingerprint density at radius 2 is 1.71 bits per heavy atom. The number of pyridine rings is 1. The minimum Gasteiger partial charge on any atom is -0.487 e. The van der Waals surface area contributed by atoms with E-state index < -0.39 is 29.8 Å². The number of rotatable bonds is 16. The van der Waals surface area contributed by atoms with Crippen molar-refractivity contribution in [2.75, 3.05) is 6.54 Å². The first-order chi connectivity index (χ1) is 21.0. The summed E-state index contributed by atoms with van der Waals surface area (Å²) in [6.45, 7) is 21.2. The highest BCUT2D eigenvalue weighted by Crippen LogP contribution is 2.34. The smallest absolute Gasteiger partial charge is 0.407 e. The largest absolute Gasteiger partial charge is 0.487 e. The summed E-state index contributed by atoms with van der Waals surface area (Å²) in [5, 5.41) is 17.3. The fourth-order valence-corrected chi connectivity index (χ4v) is 5.26. The van der Waals surface area contributed by atoms with E-state index in [2.05, 4.69) is 75.4 Å². The van der Waals surface area contributed by atoms with Crippen LogP contribution >= 0.6 is 0 Å². The minimum absolute atomic E-state index is 0.0869. The van der Waals surface area contributed by atoms with Gasteiger partial charge >= 0.3 is 6.09 Å². The van der Waals surface area contributed by atoms with Gasteiger partial charge in [-0.25, -0.2) is 4.79 Å². The lowest BCUT2D eigenvalue weighted by Gasteiger charge is -2.32. The SMILES string of the molecule is CCCCNC(=O)C(C)C[C@H](O)[C@H](C[C@H](Cc1ccc(C(C)(C)C)c(OCc2ccccn2)c1)C(C)C)NC(=O)OC(C)(C)C. The van der Waals surface area contributed by atoms with Gasteiger partial charge in [0.2, 0.25) is 5.91 Å². The molecule has 1 aromatic carbocycles. The lowest BCUT2D eigenvalue weighted by Crippen LogP contribution is -2.48. The molecular weight excluding hydrogens is 566 g/mol. The molecular formula is C37H59N3O5. The Balaban J connectivity index is 2.29. The third-order valence-electron chi connectivity index (χ3n) is 7.99. The predicted octanol–water partition coefficient (Wildman–Crippen LogP) is 7.36. The molecule has 0 aliphatic rings. The summed E-state index contributed by atoms with van der Waals surface area (Å²) in [7, 11) is 0. The maximum atomic E-state index is 12.9. The molecule has 0 saturated carbocycles. The van der Waals surface area contributed by atoms with Gasteiger partial charge in [-0.2, -0.15) is 0 Å². The number of nitrogens with zero attached hydrogens (tertiary/aromatic N) is 1. The first kappa shape index (κ1) is 38.1. The van der Waals surface area contributed by atoms with Gasteiger partial charge in [0.1, 0.15) is 18.0 Å². The molecule has 1 aromatic heterocycles. The molecule has 2 amide bonds. The van der Waals surface area contributed by atoms with Crippen LogP contribution in [0.3, 0.4) is 0 Å². The van der Waals surface area contributed by atoms with Crippen molar-refractivity contribution < 1.29 is 24.2 Å². The number of aromatic nitrogens is 1. The highest BCUT2D eigenvalue weighted by Gasteiger charge is 2.31. The molecule has 0 bridgehead atoms. The lowest BCUT2D eigenvalue weighted by atomic mass is 9.80. The maximum absolute atomic E-state index is 12.9. The molecule has 2 aromatic rings. The van der Waals surface area contributed by atoms with Crippen LogP contribution in [0.5, 0.6) is 5.75 Å². The zero-order valence-electron chi connectivity index (χ0n) is 29.4. The molecule has 252 valence electrons. The number of carbonyl (C=O) groups excluding carboxylic acids is 2.